The lowest BCUT2D eigenvalue weighted by Crippen LogP contribution is -2.15. The molecule has 22 heavy (non-hydrogen) atoms. The third kappa shape index (κ3) is 3.04. The van der Waals surface area contributed by atoms with Gasteiger partial charge >= 0.3 is 0 Å². The van der Waals surface area contributed by atoms with Crippen LogP contribution < -0.4 is 15.5 Å². The Labute approximate surface area is 131 Å². The summed E-state index contributed by atoms with van der Waals surface area (Å²) in [5.41, 5.74) is 0.683. The summed E-state index contributed by atoms with van der Waals surface area (Å²) in [7, 11) is 1.37. The van der Waals surface area contributed by atoms with E-state index in [2.05, 4.69) is 10.3 Å². The highest BCUT2D eigenvalue weighted by atomic mass is 32.1. The minimum atomic E-state index is -0.483. The fraction of sp³-hybridized carbons (Fsp3) is 0.400. The van der Waals surface area contributed by atoms with Crippen molar-refractivity contribution in [1.82, 2.24) is 4.98 Å². The number of fused-ring (bicyclic) bond motifs is 1. The first-order valence-corrected chi connectivity index (χ1v) is 7.96. The number of nitrogens with one attached hydrogen (secondary N) is 1. The Hall–Kier alpha value is -2.15. The molecule has 0 aliphatic heterocycles. The van der Waals surface area contributed by atoms with Crippen molar-refractivity contribution in [2.45, 2.75) is 32.1 Å². The molecule has 2 heterocycles. The summed E-state index contributed by atoms with van der Waals surface area (Å²) in [5.74, 6) is -0.475. The summed E-state index contributed by atoms with van der Waals surface area (Å²) >= 11 is 1.50. The number of aryl methyl sites for hydroxylation is 2. The van der Waals surface area contributed by atoms with Crippen molar-refractivity contribution < 1.29 is 13.9 Å². The van der Waals surface area contributed by atoms with Crippen LogP contribution in [0.2, 0.25) is 0 Å². The van der Waals surface area contributed by atoms with E-state index in [0.717, 1.165) is 43.7 Å². The number of anilines is 1. The van der Waals surface area contributed by atoms with Crippen LogP contribution in [-0.4, -0.2) is 18.0 Å². The van der Waals surface area contributed by atoms with E-state index in [4.69, 9.17) is 9.15 Å². The van der Waals surface area contributed by atoms with Crippen molar-refractivity contribution in [2.24, 2.45) is 0 Å². The van der Waals surface area contributed by atoms with Gasteiger partial charge in [-0.1, -0.05) is 6.42 Å². The van der Waals surface area contributed by atoms with E-state index in [1.54, 1.807) is 0 Å². The SMILES string of the molecule is COc1coc(C(=O)Nc2nc3c(s2)CCCCC3)cc1=O. The third-order valence-corrected chi connectivity index (χ3v) is 4.63. The van der Waals surface area contributed by atoms with Crippen LogP contribution in [-0.2, 0) is 12.8 Å². The van der Waals surface area contributed by atoms with Gasteiger partial charge in [0.2, 0.25) is 11.2 Å². The van der Waals surface area contributed by atoms with E-state index in [9.17, 15) is 9.59 Å². The van der Waals surface area contributed by atoms with Crippen LogP contribution >= 0.6 is 11.3 Å². The van der Waals surface area contributed by atoms with Gasteiger partial charge in [0.15, 0.2) is 10.9 Å². The number of nitrogens with zero attached hydrogens (tertiary/aromatic N) is 1. The lowest BCUT2D eigenvalue weighted by atomic mass is 10.2. The zero-order valence-corrected chi connectivity index (χ0v) is 13.0. The van der Waals surface area contributed by atoms with Gasteiger partial charge in [0.25, 0.3) is 5.91 Å². The van der Waals surface area contributed by atoms with Crippen molar-refractivity contribution in [1.29, 1.82) is 0 Å². The van der Waals surface area contributed by atoms with E-state index < -0.39 is 11.3 Å². The van der Waals surface area contributed by atoms with Crippen LogP contribution in [0.1, 0.15) is 40.4 Å². The number of hydrogen-bond donors (Lipinski definition) is 1. The van der Waals surface area contributed by atoms with Crippen LogP contribution in [0.25, 0.3) is 0 Å². The molecular weight excluding hydrogens is 304 g/mol. The summed E-state index contributed by atoms with van der Waals surface area (Å²) in [5, 5.41) is 3.25. The Morgan fingerprint density at radius 3 is 2.95 bits per heavy atom. The molecule has 0 spiro atoms. The molecule has 0 atom stereocenters. The van der Waals surface area contributed by atoms with Crippen molar-refractivity contribution in [3.05, 3.63) is 38.9 Å². The molecule has 3 rings (SSSR count). The summed E-state index contributed by atoms with van der Waals surface area (Å²) in [6, 6.07) is 1.12. The van der Waals surface area contributed by atoms with Crippen LogP contribution in [0.4, 0.5) is 5.13 Å². The molecule has 0 saturated heterocycles. The number of amides is 1. The minimum absolute atomic E-state index is 0.0591. The van der Waals surface area contributed by atoms with Crippen LogP contribution in [0, 0.1) is 0 Å². The second kappa shape index (κ2) is 6.31. The highest BCUT2D eigenvalue weighted by Gasteiger charge is 2.17. The quantitative estimate of drug-likeness (QED) is 0.879. The van der Waals surface area contributed by atoms with Gasteiger partial charge in [-0.3, -0.25) is 14.9 Å². The summed E-state index contributed by atoms with van der Waals surface area (Å²) in [6.07, 6.45) is 6.63. The maximum absolute atomic E-state index is 12.1. The first-order valence-electron chi connectivity index (χ1n) is 7.14. The molecule has 1 N–H and O–H groups in total. The fourth-order valence-electron chi connectivity index (χ4n) is 2.41. The molecule has 1 amide bonds. The molecule has 0 aromatic carbocycles. The number of aromatic nitrogens is 1. The van der Waals surface area contributed by atoms with E-state index in [-0.39, 0.29) is 11.5 Å². The fourth-order valence-corrected chi connectivity index (χ4v) is 3.45. The lowest BCUT2D eigenvalue weighted by Gasteiger charge is -2.02. The van der Waals surface area contributed by atoms with E-state index in [1.807, 2.05) is 0 Å². The molecule has 7 heteroatoms. The first kappa shape index (κ1) is 14.8. The smallest absolute Gasteiger partial charge is 0.293 e. The molecule has 1 aliphatic carbocycles. The number of ether oxygens (including phenoxy) is 1. The number of carbonyl (C=O) groups is 1. The molecule has 0 radical (unpaired) electrons. The standard InChI is InChI=1S/C15H16N2O4S/c1-20-12-8-21-11(7-10(12)18)14(19)17-15-16-9-5-3-2-4-6-13(9)22-15/h7-8H,2-6H2,1H3,(H,16,17,19). The zero-order valence-electron chi connectivity index (χ0n) is 12.2. The Morgan fingerprint density at radius 2 is 2.18 bits per heavy atom. The van der Waals surface area contributed by atoms with Crippen LogP contribution in [0.15, 0.2) is 21.5 Å². The van der Waals surface area contributed by atoms with Gasteiger partial charge < -0.3 is 9.15 Å². The maximum Gasteiger partial charge on any atom is 0.293 e. The predicted molar refractivity (Wildman–Crippen MR) is 82.9 cm³/mol. The monoisotopic (exact) mass is 320 g/mol. The minimum Gasteiger partial charge on any atom is -0.490 e. The summed E-state index contributed by atoms with van der Waals surface area (Å²) < 4.78 is 9.94. The molecule has 0 unspecified atom stereocenters. The maximum atomic E-state index is 12.1. The van der Waals surface area contributed by atoms with Gasteiger partial charge in [-0.2, -0.15) is 0 Å². The molecule has 6 nitrogen and oxygen atoms in total. The van der Waals surface area contributed by atoms with E-state index in [0.29, 0.717) is 5.13 Å². The Kier molecular flexibility index (Phi) is 4.24. The molecule has 0 bridgehead atoms. The number of thiazole rings is 1. The van der Waals surface area contributed by atoms with E-state index >= 15 is 0 Å². The number of carbonyl (C=O) groups excluding carboxylic acids is 1. The molecule has 116 valence electrons. The van der Waals surface area contributed by atoms with Gasteiger partial charge in [0, 0.05) is 10.9 Å². The largest absolute Gasteiger partial charge is 0.490 e. The van der Waals surface area contributed by atoms with Gasteiger partial charge in [-0.25, -0.2) is 4.98 Å². The van der Waals surface area contributed by atoms with Crippen molar-refractivity contribution >= 4 is 22.4 Å². The lowest BCUT2D eigenvalue weighted by molar-refractivity contribution is 0.0993. The van der Waals surface area contributed by atoms with Crippen molar-refractivity contribution in [3.8, 4) is 5.75 Å². The Morgan fingerprint density at radius 1 is 1.36 bits per heavy atom. The molecule has 0 fully saturated rings. The molecule has 2 aromatic heterocycles. The normalized spacial score (nSPS) is 14.0. The van der Waals surface area contributed by atoms with Crippen molar-refractivity contribution in [2.75, 3.05) is 12.4 Å². The average Bonchev–Trinajstić information content (AvgIpc) is 2.75. The Balaban J connectivity index is 1.77. The summed E-state index contributed by atoms with van der Waals surface area (Å²) in [4.78, 5) is 29.5. The van der Waals surface area contributed by atoms with Gasteiger partial charge in [-0.15, -0.1) is 11.3 Å². The summed E-state index contributed by atoms with van der Waals surface area (Å²) in [6.45, 7) is 0. The highest BCUT2D eigenvalue weighted by Crippen LogP contribution is 2.29. The zero-order chi connectivity index (χ0) is 15.5. The second-order valence-electron chi connectivity index (χ2n) is 5.08. The van der Waals surface area contributed by atoms with Crippen molar-refractivity contribution in [3.63, 3.8) is 0 Å². The van der Waals surface area contributed by atoms with E-state index in [1.165, 1.54) is 29.7 Å². The predicted octanol–water partition coefficient (Wildman–Crippen LogP) is 2.63. The first-order chi connectivity index (χ1) is 10.7. The highest BCUT2D eigenvalue weighted by molar-refractivity contribution is 7.15. The van der Waals surface area contributed by atoms with Crippen LogP contribution in [0.3, 0.4) is 0 Å². The second-order valence-corrected chi connectivity index (χ2v) is 6.16. The molecule has 0 saturated carbocycles. The van der Waals surface area contributed by atoms with Crippen LogP contribution in [0.5, 0.6) is 5.75 Å². The number of methoxy groups -OCH3 is 1. The van der Waals surface area contributed by atoms with Gasteiger partial charge in [-0.05, 0) is 25.7 Å². The topological polar surface area (TPSA) is 81.4 Å². The molecule has 1 aliphatic rings. The number of rotatable bonds is 3. The molecular formula is C15H16N2O4S. The third-order valence-electron chi connectivity index (χ3n) is 3.56. The molecule has 2 aromatic rings. The van der Waals surface area contributed by atoms with Gasteiger partial charge in [0.1, 0.15) is 6.26 Å². The number of hydrogen-bond acceptors (Lipinski definition) is 6. The Bertz CT molecular complexity index is 727. The van der Waals surface area contributed by atoms with Gasteiger partial charge in [0.05, 0.1) is 12.8 Å². The average molecular weight is 320 g/mol.